The molecule has 6 nitrogen and oxygen atoms in total. The van der Waals surface area contributed by atoms with E-state index in [1.54, 1.807) is 0 Å². The molecule has 1 aliphatic heterocycles. The van der Waals surface area contributed by atoms with Gasteiger partial charge in [-0.25, -0.2) is 0 Å². The van der Waals surface area contributed by atoms with E-state index in [1.165, 1.54) is 0 Å². The molecule has 0 bridgehead atoms. The molecule has 1 aromatic rings. The third kappa shape index (κ3) is 3.59. The van der Waals surface area contributed by atoms with Crippen molar-refractivity contribution in [2.45, 2.75) is 38.3 Å². The van der Waals surface area contributed by atoms with Crippen LogP contribution in [0.25, 0.3) is 10.4 Å². The minimum Gasteiger partial charge on any atom is -0.460 e. The van der Waals surface area contributed by atoms with Gasteiger partial charge in [0, 0.05) is 11.5 Å². The van der Waals surface area contributed by atoms with Gasteiger partial charge in [-0.05, 0) is 30.0 Å². The van der Waals surface area contributed by atoms with Gasteiger partial charge in [-0.3, -0.25) is 4.79 Å². The van der Waals surface area contributed by atoms with Crippen LogP contribution in [0, 0.1) is 5.92 Å². The van der Waals surface area contributed by atoms with Crippen LogP contribution in [0.5, 0.6) is 0 Å². The fourth-order valence-electron chi connectivity index (χ4n) is 2.87. The van der Waals surface area contributed by atoms with Crippen molar-refractivity contribution in [1.29, 1.82) is 0 Å². The smallest absolute Gasteiger partial charge is 0.320 e. The van der Waals surface area contributed by atoms with E-state index in [0.717, 1.165) is 24.8 Å². The number of ether oxygens (including phenoxy) is 1. The predicted octanol–water partition coefficient (Wildman–Crippen LogP) is 3.19. The van der Waals surface area contributed by atoms with Crippen LogP contribution >= 0.6 is 0 Å². The zero-order valence-corrected chi connectivity index (χ0v) is 12.9. The summed E-state index contributed by atoms with van der Waals surface area (Å²) in [7, 11) is 0. The lowest BCUT2D eigenvalue weighted by molar-refractivity contribution is -0.152. The first-order chi connectivity index (χ1) is 10.7. The molecule has 0 unspecified atom stereocenters. The molecule has 0 aliphatic carbocycles. The molecule has 22 heavy (non-hydrogen) atoms. The molecule has 1 aromatic carbocycles. The van der Waals surface area contributed by atoms with E-state index >= 15 is 0 Å². The lowest BCUT2D eigenvalue weighted by atomic mass is 9.84. The molecule has 6 heteroatoms. The molecule has 1 heterocycles. The summed E-state index contributed by atoms with van der Waals surface area (Å²) in [5.74, 6) is -0.438. The van der Waals surface area contributed by atoms with Crippen LogP contribution in [0.1, 0.15) is 31.7 Å². The largest absolute Gasteiger partial charge is 0.460 e. The van der Waals surface area contributed by atoms with Gasteiger partial charge in [0.25, 0.3) is 0 Å². The Bertz CT molecular complexity index is 542. The Morgan fingerprint density at radius 3 is 2.95 bits per heavy atom. The van der Waals surface area contributed by atoms with Crippen LogP contribution in [0.15, 0.2) is 35.4 Å². The minimum atomic E-state index is -1.11. The Kier molecular flexibility index (Phi) is 5.81. The molecule has 1 saturated heterocycles. The molecular weight excluding hydrogens is 280 g/mol. The highest BCUT2D eigenvalue weighted by Crippen LogP contribution is 2.32. The van der Waals surface area contributed by atoms with Crippen LogP contribution < -0.4 is 5.32 Å². The molecule has 0 spiro atoms. The van der Waals surface area contributed by atoms with Crippen molar-refractivity contribution in [3.8, 4) is 0 Å². The Morgan fingerprint density at radius 2 is 2.27 bits per heavy atom. The molecule has 1 aliphatic rings. The lowest BCUT2D eigenvalue weighted by Crippen LogP contribution is -2.45. The number of azide groups is 1. The van der Waals surface area contributed by atoms with Gasteiger partial charge in [-0.15, -0.1) is 0 Å². The van der Waals surface area contributed by atoms with E-state index in [1.807, 2.05) is 30.3 Å². The minimum absolute atomic E-state index is 0.00776. The summed E-state index contributed by atoms with van der Waals surface area (Å²) in [6.07, 6.45) is 2.89. The molecule has 1 N–H and O–H groups in total. The summed E-state index contributed by atoms with van der Waals surface area (Å²) in [4.78, 5) is 15.5. The topological polar surface area (TPSA) is 87.1 Å². The first-order valence-corrected chi connectivity index (χ1v) is 7.71. The first kappa shape index (κ1) is 16.3. The summed E-state index contributed by atoms with van der Waals surface area (Å²) in [5, 5.41) is 7.02. The third-order valence-corrected chi connectivity index (χ3v) is 4.16. The van der Waals surface area contributed by atoms with E-state index in [9.17, 15) is 4.79 Å². The van der Waals surface area contributed by atoms with Crippen molar-refractivity contribution in [3.05, 3.63) is 46.3 Å². The number of carbonyl (C=O) groups is 1. The van der Waals surface area contributed by atoms with E-state index in [-0.39, 0.29) is 12.5 Å². The van der Waals surface area contributed by atoms with Gasteiger partial charge in [0.05, 0.1) is 0 Å². The van der Waals surface area contributed by atoms with Gasteiger partial charge >= 0.3 is 5.97 Å². The fourth-order valence-corrected chi connectivity index (χ4v) is 2.87. The van der Waals surface area contributed by atoms with Crippen LogP contribution in [0.4, 0.5) is 0 Å². The van der Waals surface area contributed by atoms with Crippen molar-refractivity contribution in [2.24, 2.45) is 11.0 Å². The molecule has 2 atom stereocenters. The molecule has 2 rings (SSSR count). The number of benzene rings is 1. The van der Waals surface area contributed by atoms with Gasteiger partial charge in [0.1, 0.15) is 6.61 Å². The summed E-state index contributed by atoms with van der Waals surface area (Å²) < 4.78 is 5.43. The highest BCUT2D eigenvalue weighted by atomic mass is 16.5. The maximum Gasteiger partial charge on any atom is 0.320 e. The zero-order valence-electron chi connectivity index (χ0n) is 12.9. The average Bonchev–Trinajstić information content (AvgIpc) is 2.96. The standard InChI is InChI=1S/C16H22N4O2/c1-2-3-9-14-10-18-12-16(14,19-20-17)15(21)22-11-13-7-5-4-6-8-13/h4-8,14,18H,2-3,9-12H2,1H3/t14-,16-/m0/s1. The van der Waals surface area contributed by atoms with Crippen LogP contribution in [-0.2, 0) is 16.1 Å². The van der Waals surface area contributed by atoms with E-state index in [0.29, 0.717) is 13.1 Å². The zero-order chi connectivity index (χ0) is 15.8. The number of nitrogens with one attached hydrogen (secondary N) is 1. The van der Waals surface area contributed by atoms with Crippen molar-refractivity contribution >= 4 is 5.97 Å². The van der Waals surface area contributed by atoms with E-state index in [4.69, 9.17) is 10.3 Å². The second-order valence-corrected chi connectivity index (χ2v) is 5.65. The van der Waals surface area contributed by atoms with E-state index < -0.39 is 11.5 Å². The molecule has 118 valence electrons. The molecule has 1 fully saturated rings. The van der Waals surface area contributed by atoms with Gasteiger partial charge in [-0.1, -0.05) is 55.2 Å². The van der Waals surface area contributed by atoms with Gasteiger partial charge in [-0.2, -0.15) is 0 Å². The fraction of sp³-hybridized carbons (Fsp3) is 0.562. The molecule has 0 aromatic heterocycles. The summed E-state index contributed by atoms with van der Waals surface area (Å²) in [6.45, 7) is 3.33. The number of nitrogens with zero attached hydrogens (tertiary/aromatic N) is 3. The predicted molar refractivity (Wildman–Crippen MR) is 84.0 cm³/mol. The second kappa shape index (κ2) is 7.82. The molecule has 0 amide bonds. The lowest BCUT2D eigenvalue weighted by Gasteiger charge is -2.27. The van der Waals surface area contributed by atoms with Crippen molar-refractivity contribution in [2.75, 3.05) is 13.1 Å². The van der Waals surface area contributed by atoms with Gasteiger partial charge in [0.15, 0.2) is 5.54 Å². The maximum atomic E-state index is 12.6. The number of hydrogen-bond acceptors (Lipinski definition) is 4. The third-order valence-electron chi connectivity index (χ3n) is 4.16. The SMILES string of the molecule is CCCC[C@H]1CNC[C@@]1(N=[N+]=[N-])C(=O)OCc1ccccc1. The molecular formula is C16H22N4O2. The summed E-state index contributed by atoms with van der Waals surface area (Å²) in [6, 6.07) is 9.50. The molecule has 0 saturated carbocycles. The number of carbonyl (C=O) groups excluding carboxylic acids is 1. The number of hydrogen-bond donors (Lipinski definition) is 1. The van der Waals surface area contributed by atoms with Gasteiger partial charge in [0.2, 0.25) is 0 Å². The summed E-state index contributed by atoms with van der Waals surface area (Å²) >= 11 is 0. The Balaban J connectivity index is 2.08. The highest BCUT2D eigenvalue weighted by molar-refractivity contribution is 5.82. The van der Waals surface area contributed by atoms with Crippen molar-refractivity contribution < 1.29 is 9.53 Å². The van der Waals surface area contributed by atoms with E-state index in [2.05, 4.69) is 22.3 Å². The molecule has 0 radical (unpaired) electrons. The average molecular weight is 302 g/mol. The Hall–Kier alpha value is -2.04. The Labute approximate surface area is 130 Å². The van der Waals surface area contributed by atoms with Crippen molar-refractivity contribution in [3.63, 3.8) is 0 Å². The monoisotopic (exact) mass is 302 g/mol. The second-order valence-electron chi connectivity index (χ2n) is 5.65. The van der Waals surface area contributed by atoms with Crippen LogP contribution in [0.2, 0.25) is 0 Å². The number of unbranched alkanes of at least 4 members (excludes halogenated alkanes) is 1. The number of rotatable bonds is 7. The highest BCUT2D eigenvalue weighted by Gasteiger charge is 2.49. The van der Waals surface area contributed by atoms with Gasteiger partial charge < -0.3 is 10.1 Å². The van der Waals surface area contributed by atoms with Crippen LogP contribution in [0.3, 0.4) is 0 Å². The Morgan fingerprint density at radius 1 is 1.50 bits per heavy atom. The quantitative estimate of drug-likeness (QED) is 0.363. The summed E-state index contributed by atoms with van der Waals surface area (Å²) in [5.41, 5.74) is 8.70. The maximum absolute atomic E-state index is 12.6. The van der Waals surface area contributed by atoms with Crippen molar-refractivity contribution in [1.82, 2.24) is 5.32 Å². The number of esters is 1. The van der Waals surface area contributed by atoms with Crippen LogP contribution in [-0.4, -0.2) is 24.6 Å². The first-order valence-electron chi connectivity index (χ1n) is 7.71. The normalized spacial score (nSPS) is 23.8.